The molecule has 1 aliphatic heterocycles. The number of morpholine rings is 1. The molecule has 5 nitrogen and oxygen atoms in total. The van der Waals surface area contributed by atoms with Crippen LogP contribution in [0.1, 0.15) is 5.56 Å². The number of hydrogen-bond donors (Lipinski definition) is 0. The summed E-state index contributed by atoms with van der Waals surface area (Å²) < 4.78 is 29.9. The molecule has 1 saturated heterocycles. The number of rotatable bonds is 3. The minimum absolute atomic E-state index is 0.0809. The van der Waals surface area contributed by atoms with E-state index in [4.69, 9.17) is 4.74 Å². The molecule has 1 atom stereocenters. The van der Waals surface area contributed by atoms with Gasteiger partial charge in [-0.2, -0.15) is 4.31 Å². The third-order valence-electron chi connectivity index (χ3n) is 2.76. The minimum atomic E-state index is -3.11. The lowest BCUT2D eigenvalue weighted by atomic mass is 10.1. The fourth-order valence-corrected chi connectivity index (χ4v) is 2.74. The van der Waals surface area contributed by atoms with Crippen LogP contribution in [-0.2, 0) is 21.2 Å². The first-order valence-corrected chi connectivity index (χ1v) is 7.36. The Morgan fingerprint density at radius 3 is 3.06 bits per heavy atom. The Kier molecular flexibility index (Phi) is 3.76. The van der Waals surface area contributed by atoms with Crippen LogP contribution < -0.4 is 0 Å². The first kappa shape index (κ1) is 12.5. The molecule has 0 aliphatic carbocycles. The predicted octanol–water partition coefficient (Wildman–Crippen LogP) is 0.284. The van der Waals surface area contributed by atoms with E-state index in [0.717, 1.165) is 5.56 Å². The standard InChI is InChI=1S/C11H16N2O3S/c1-17(14,15)13-5-6-16-11(9-13)7-10-3-2-4-12-8-10/h2-4,8,11H,5-7,9H2,1H3/t11-/m0/s1. The van der Waals surface area contributed by atoms with E-state index in [2.05, 4.69) is 4.98 Å². The van der Waals surface area contributed by atoms with Crippen molar-refractivity contribution in [2.24, 2.45) is 0 Å². The van der Waals surface area contributed by atoms with Gasteiger partial charge in [0.15, 0.2) is 0 Å². The van der Waals surface area contributed by atoms with E-state index in [1.165, 1.54) is 10.6 Å². The van der Waals surface area contributed by atoms with E-state index in [1.54, 1.807) is 12.4 Å². The summed E-state index contributed by atoms with van der Waals surface area (Å²) in [7, 11) is -3.11. The monoisotopic (exact) mass is 256 g/mol. The molecule has 1 aromatic rings. The van der Waals surface area contributed by atoms with Crippen LogP contribution in [0.2, 0.25) is 0 Å². The highest BCUT2D eigenvalue weighted by Gasteiger charge is 2.26. The normalized spacial score (nSPS) is 22.5. The topological polar surface area (TPSA) is 59.5 Å². The summed E-state index contributed by atoms with van der Waals surface area (Å²) in [5.74, 6) is 0. The van der Waals surface area contributed by atoms with Gasteiger partial charge in [0.05, 0.1) is 19.0 Å². The zero-order valence-electron chi connectivity index (χ0n) is 9.74. The summed E-state index contributed by atoms with van der Waals surface area (Å²) >= 11 is 0. The SMILES string of the molecule is CS(=O)(=O)N1CCO[C@@H](Cc2cccnc2)C1. The fraction of sp³-hybridized carbons (Fsp3) is 0.545. The van der Waals surface area contributed by atoms with E-state index >= 15 is 0 Å². The molecule has 2 heterocycles. The fourth-order valence-electron chi connectivity index (χ4n) is 1.90. The highest BCUT2D eigenvalue weighted by atomic mass is 32.2. The predicted molar refractivity (Wildman–Crippen MR) is 64.1 cm³/mol. The molecule has 1 fully saturated rings. The number of aromatic nitrogens is 1. The van der Waals surface area contributed by atoms with Crippen LogP contribution in [0.5, 0.6) is 0 Å². The van der Waals surface area contributed by atoms with Gasteiger partial charge in [-0.25, -0.2) is 8.42 Å². The van der Waals surface area contributed by atoms with Crippen molar-refractivity contribution < 1.29 is 13.2 Å². The molecule has 0 saturated carbocycles. The van der Waals surface area contributed by atoms with Crippen molar-refractivity contribution >= 4 is 10.0 Å². The molecule has 0 radical (unpaired) electrons. The summed E-state index contributed by atoms with van der Waals surface area (Å²) in [4.78, 5) is 4.03. The highest BCUT2D eigenvalue weighted by molar-refractivity contribution is 7.88. The molecular formula is C11H16N2O3S. The zero-order valence-corrected chi connectivity index (χ0v) is 10.6. The second kappa shape index (κ2) is 5.12. The van der Waals surface area contributed by atoms with E-state index in [-0.39, 0.29) is 6.10 Å². The molecule has 1 aromatic heterocycles. The van der Waals surface area contributed by atoms with Crippen molar-refractivity contribution in [1.82, 2.24) is 9.29 Å². The Balaban J connectivity index is 1.99. The number of pyridine rings is 1. The molecule has 1 aliphatic rings. The van der Waals surface area contributed by atoms with Crippen molar-refractivity contribution in [3.8, 4) is 0 Å². The Labute approximate surface area is 101 Å². The Bertz CT molecular complexity index is 461. The quantitative estimate of drug-likeness (QED) is 0.779. The zero-order chi connectivity index (χ0) is 12.3. The Morgan fingerprint density at radius 2 is 2.41 bits per heavy atom. The van der Waals surface area contributed by atoms with Crippen LogP contribution >= 0.6 is 0 Å². The molecule has 17 heavy (non-hydrogen) atoms. The maximum Gasteiger partial charge on any atom is 0.211 e. The smallest absolute Gasteiger partial charge is 0.211 e. The highest BCUT2D eigenvalue weighted by Crippen LogP contribution is 2.13. The molecule has 94 valence electrons. The lowest BCUT2D eigenvalue weighted by molar-refractivity contribution is -0.000324. The van der Waals surface area contributed by atoms with Gasteiger partial charge in [-0.3, -0.25) is 4.98 Å². The van der Waals surface area contributed by atoms with E-state index < -0.39 is 10.0 Å². The molecule has 6 heteroatoms. The number of nitrogens with zero attached hydrogens (tertiary/aromatic N) is 2. The van der Waals surface area contributed by atoms with E-state index in [1.807, 2.05) is 12.1 Å². The second-order valence-electron chi connectivity index (χ2n) is 4.18. The van der Waals surface area contributed by atoms with E-state index in [9.17, 15) is 8.42 Å². The summed E-state index contributed by atoms with van der Waals surface area (Å²) in [6, 6.07) is 3.84. The van der Waals surface area contributed by atoms with Crippen molar-refractivity contribution in [3.05, 3.63) is 30.1 Å². The van der Waals surface area contributed by atoms with Crippen LogP contribution in [0.15, 0.2) is 24.5 Å². The minimum Gasteiger partial charge on any atom is -0.375 e. The summed E-state index contributed by atoms with van der Waals surface area (Å²) in [6.07, 6.45) is 5.35. The molecule has 2 rings (SSSR count). The van der Waals surface area contributed by atoms with Gasteiger partial charge in [0.25, 0.3) is 0 Å². The summed E-state index contributed by atoms with van der Waals surface area (Å²) in [5, 5.41) is 0. The third-order valence-corrected chi connectivity index (χ3v) is 4.03. The van der Waals surface area contributed by atoms with Crippen molar-refractivity contribution in [2.45, 2.75) is 12.5 Å². The van der Waals surface area contributed by atoms with Crippen LogP contribution in [-0.4, -0.2) is 49.8 Å². The average molecular weight is 256 g/mol. The Hall–Kier alpha value is -0.980. The van der Waals surface area contributed by atoms with E-state index in [0.29, 0.717) is 26.1 Å². The lowest BCUT2D eigenvalue weighted by Crippen LogP contribution is -2.45. The first-order valence-electron chi connectivity index (χ1n) is 5.51. The molecule has 0 unspecified atom stereocenters. The second-order valence-corrected chi connectivity index (χ2v) is 6.16. The van der Waals surface area contributed by atoms with Gasteiger partial charge in [0.1, 0.15) is 0 Å². The molecular weight excluding hydrogens is 240 g/mol. The van der Waals surface area contributed by atoms with Crippen LogP contribution in [0.4, 0.5) is 0 Å². The maximum atomic E-state index is 11.4. The van der Waals surface area contributed by atoms with Crippen LogP contribution in [0.25, 0.3) is 0 Å². The number of ether oxygens (including phenoxy) is 1. The van der Waals surface area contributed by atoms with Gasteiger partial charge in [0.2, 0.25) is 10.0 Å². The van der Waals surface area contributed by atoms with Gasteiger partial charge in [-0.15, -0.1) is 0 Å². The number of hydrogen-bond acceptors (Lipinski definition) is 4. The van der Waals surface area contributed by atoms with Gasteiger partial charge in [0, 0.05) is 31.9 Å². The van der Waals surface area contributed by atoms with Crippen LogP contribution in [0, 0.1) is 0 Å². The molecule has 0 spiro atoms. The van der Waals surface area contributed by atoms with Crippen LogP contribution in [0.3, 0.4) is 0 Å². The molecule has 0 amide bonds. The average Bonchev–Trinajstić information content (AvgIpc) is 2.29. The van der Waals surface area contributed by atoms with Crippen molar-refractivity contribution in [3.63, 3.8) is 0 Å². The van der Waals surface area contributed by atoms with Crippen molar-refractivity contribution in [2.75, 3.05) is 26.0 Å². The number of sulfonamides is 1. The molecule has 0 aromatic carbocycles. The first-order chi connectivity index (χ1) is 8.05. The van der Waals surface area contributed by atoms with Gasteiger partial charge in [-0.05, 0) is 11.6 Å². The Morgan fingerprint density at radius 1 is 1.59 bits per heavy atom. The van der Waals surface area contributed by atoms with Gasteiger partial charge >= 0.3 is 0 Å². The molecule has 0 N–H and O–H groups in total. The summed E-state index contributed by atoms with van der Waals surface area (Å²) in [5.41, 5.74) is 1.06. The van der Waals surface area contributed by atoms with Gasteiger partial charge < -0.3 is 4.74 Å². The summed E-state index contributed by atoms with van der Waals surface area (Å²) in [6.45, 7) is 1.33. The molecule has 0 bridgehead atoms. The maximum absolute atomic E-state index is 11.4. The van der Waals surface area contributed by atoms with Crippen molar-refractivity contribution in [1.29, 1.82) is 0 Å². The largest absolute Gasteiger partial charge is 0.375 e. The third kappa shape index (κ3) is 3.49. The lowest BCUT2D eigenvalue weighted by Gasteiger charge is -2.31. The van der Waals surface area contributed by atoms with Gasteiger partial charge in [-0.1, -0.05) is 6.07 Å².